The Bertz CT molecular complexity index is 1160. The van der Waals surface area contributed by atoms with Crippen LogP contribution in [0.5, 0.6) is 0 Å². The molecule has 1 atom stereocenters. The normalized spacial score (nSPS) is 17.9. The summed E-state index contributed by atoms with van der Waals surface area (Å²) in [6, 6.07) is 9.43. The topological polar surface area (TPSA) is 113 Å². The molecular formula is C24H27N5O3. The molecule has 0 saturated heterocycles. The average Bonchev–Trinajstić information content (AvgIpc) is 3.29. The molecule has 0 bridgehead atoms. The Kier molecular flexibility index (Phi) is 5.07. The van der Waals surface area contributed by atoms with Crippen molar-refractivity contribution in [3.63, 3.8) is 0 Å². The molecule has 0 aliphatic heterocycles. The highest BCUT2D eigenvalue weighted by atomic mass is 16.4. The van der Waals surface area contributed by atoms with Gasteiger partial charge in [0.2, 0.25) is 11.7 Å². The number of H-pyrrole nitrogens is 1. The lowest BCUT2D eigenvalue weighted by Crippen LogP contribution is -2.51. The van der Waals surface area contributed by atoms with Crippen molar-refractivity contribution >= 4 is 11.8 Å². The number of rotatable bonds is 7. The zero-order valence-corrected chi connectivity index (χ0v) is 18.3. The van der Waals surface area contributed by atoms with E-state index in [-0.39, 0.29) is 29.2 Å². The second-order valence-corrected chi connectivity index (χ2v) is 9.25. The number of hydrogen-bond acceptors (Lipinski definition) is 5. The van der Waals surface area contributed by atoms with Crippen molar-refractivity contribution in [1.82, 2.24) is 25.8 Å². The van der Waals surface area contributed by atoms with E-state index in [1.54, 1.807) is 6.07 Å². The standard InChI is InChI=1S/C24H27N5O3/c1-14(15-7-8-15)26-22(31)20-13-25-23(32-20)17-6-3-5-16(11-17)18-12-19(29-28-18)21(30)27-24(2)9-4-10-24/h3,5-6,11-15H,4,7-10H2,1-2H3,(H,26,31)(H,27,30)(H,28,29)/t14-/m0/s1. The Morgan fingerprint density at radius 3 is 2.69 bits per heavy atom. The minimum atomic E-state index is -0.247. The second kappa shape index (κ2) is 7.93. The first-order valence-electron chi connectivity index (χ1n) is 11.2. The molecule has 0 radical (unpaired) electrons. The first-order chi connectivity index (χ1) is 15.4. The Hall–Kier alpha value is -3.42. The lowest BCUT2D eigenvalue weighted by atomic mass is 9.78. The summed E-state index contributed by atoms with van der Waals surface area (Å²) in [5.74, 6) is 0.712. The van der Waals surface area contributed by atoms with Crippen LogP contribution in [-0.4, -0.2) is 38.6 Å². The number of oxazole rings is 1. The fourth-order valence-corrected chi connectivity index (χ4v) is 4.08. The van der Waals surface area contributed by atoms with Gasteiger partial charge in [0.15, 0.2) is 5.69 Å². The molecule has 3 N–H and O–H groups in total. The maximum atomic E-state index is 12.5. The molecular weight excluding hydrogens is 406 g/mol. The van der Waals surface area contributed by atoms with Crippen LogP contribution in [0.3, 0.4) is 0 Å². The van der Waals surface area contributed by atoms with Crippen LogP contribution in [0.1, 0.15) is 67.0 Å². The smallest absolute Gasteiger partial charge is 0.288 e. The number of aromatic nitrogens is 3. The monoisotopic (exact) mass is 433 g/mol. The first kappa shape index (κ1) is 20.5. The van der Waals surface area contributed by atoms with Crippen LogP contribution in [0.4, 0.5) is 0 Å². The van der Waals surface area contributed by atoms with E-state index >= 15 is 0 Å². The quantitative estimate of drug-likeness (QED) is 0.522. The molecule has 5 rings (SSSR count). The Morgan fingerprint density at radius 1 is 1.19 bits per heavy atom. The number of nitrogens with one attached hydrogen (secondary N) is 3. The molecule has 166 valence electrons. The van der Waals surface area contributed by atoms with Crippen molar-refractivity contribution in [3.05, 3.63) is 48.0 Å². The molecule has 2 aliphatic rings. The molecule has 2 fully saturated rings. The SMILES string of the molecule is C[C@H](NC(=O)c1cnc(-c2cccc(-c3cc(C(=O)NC4(C)CCC4)n[nH]3)c2)o1)C1CC1. The molecule has 3 aromatic rings. The lowest BCUT2D eigenvalue weighted by Gasteiger charge is -2.38. The van der Waals surface area contributed by atoms with E-state index in [1.165, 1.54) is 6.20 Å². The molecule has 2 amide bonds. The first-order valence-corrected chi connectivity index (χ1v) is 11.2. The van der Waals surface area contributed by atoms with Crippen molar-refractivity contribution in [3.8, 4) is 22.7 Å². The fraction of sp³-hybridized carbons (Fsp3) is 0.417. The van der Waals surface area contributed by atoms with Gasteiger partial charge in [-0.05, 0) is 70.1 Å². The molecule has 1 aromatic carbocycles. The van der Waals surface area contributed by atoms with Gasteiger partial charge in [-0.3, -0.25) is 14.7 Å². The summed E-state index contributed by atoms with van der Waals surface area (Å²) in [4.78, 5) is 29.2. The van der Waals surface area contributed by atoms with E-state index < -0.39 is 0 Å². The van der Waals surface area contributed by atoms with Crippen LogP contribution in [-0.2, 0) is 0 Å². The van der Waals surface area contributed by atoms with Gasteiger partial charge in [-0.2, -0.15) is 5.10 Å². The van der Waals surface area contributed by atoms with Crippen LogP contribution in [0.15, 0.2) is 40.9 Å². The molecule has 2 aliphatic carbocycles. The number of hydrogen-bond donors (Lipinski definition) is 3. The van der Waals surface area contributed by atoms with Gasteiger partial charge in [0, 0.05) is 22.7 Å². The minimum absolute atomic E-state index is 0.123. The predicted octanol–water partition coefficient (Wildman–Crippen LogP) is 3.93. The number of carbonyl (C=O) groups excluding carboxylic acids is 2. The van der Waals surface area contributed by atoms with Crippen molar-refractivity contribution in [2.75, 3.05) is 0 Å². The van der Waals surface area contributed by atoms with E-state index in [0.717, 1.165) is 48.9 Å². The summed E-state index contributed by atoms with van der Waals surface area (Å²) < 4.78 is 5.73. The summed E-state index contributed by atoms with van der Waals surface area (Å²) >= 11 is 0. The maximum Gasteiger partial charge on any atom is 0.288 e. The second-order valence-electron chi connectivity index (χ2n) is 9.25. The molecule has 2 heterocycles. The van der Waals surface area contributed by atoms with E-state index in [4.69, 9.17) is 4.42 Å². The third-order valence-electron chi connectivity index (χ3n) is 6.52. The number of aromatic amines is 1. The highest BCUT2D eigenvalue weighted by Gasteiger charge is 2.34. The lowest BCUT2D eigenvalue weighted by molar-refractivity contribution is 0.0844. The van der Waals surface area contributed by atoms with E-state index in [9.17, 15) is 9.59 Å². The third-order valence-corrected chi connectivity index (χ3v) is 6.52. The highest BCUT2D eigenvalue weighted by molar-refractivity contribution is 5.94. The maximum absolute atomic E-state index is 12.5. The van der Waals surface area contributed by atoms with Crippen LogP contribution >= 0.6 is 0 Å². The molecule has 8 nitrogen and oxygen atoms in total. The van der Waals surface area contributed by atoms with Crippen molar-refractivity contribution < 1.29 is 14.0 Å². The fourth-order valence-electron chi connectivity index (χ4n) is 4.08. The zero-order valence-electron chi connectivity index (χ0n) is 18.3. The van der Waals surface area contributed by atoms with Crippen molar-refractivity contribution in [2.45, 2.75) is 57.5 Å². The van der Waals surface area contributed by atoms with Gasteiger partial charge in [0.1, 0.15) is 0 Å². The van der Waals surface area contributed by atoms with Crippen LogP contribution in [0, 0.1) is 5.92 Å². The Balaban J connectivity index is 1.30. The van der Waals surface area contributed by atoms with Crippen LogP contribution in [0.25, 0.3) is 22.7 Å². The van der Waals surface area contributed by atoms with Gasteiger partial charge < -0.3 is 15.1 Å². The molecule has 2 aromatic heterocycles. The van der Waals surface area contributed by atoms with E-state index in [2.05, 4.69) is 32.7 Å². The van der Waals surface area contributed by atoms with Gasteiger partial charge in [-0.1, -0.05) is 12.1 Å². The van der Waals surface area contributed by atoms with Crippen LogP contribution < -0.4 is 10.6 Å². The number of nitrogens with zero attached hydrogens (tertiary/aromatic N) is 2. The van der Waals surface area contributed by atoms with E-state index in [0.29, 0.717) is 17.5 Å². The van der Waals surface area contributed by atoms with Gasteiger partial charge in [-0.15, -0.1) is 0 Å². The van der Waals surface area contributed by atoms with Crippen molar-refractivity contribution in [1.29, 1.82) is 0 Å². The summed E-state index contributed by atoms with van der Waals surface area (Å²) in [6.45, 7) is 4.07. The molecule has 0 spiro atoms. The number of carbonyl (C=O) groups is 2. The molecule has 32 heavy (non-hydrogen) atoms. The average molecular weight is 434 g/mol. The predicted molar refractivity (Wildman–Crippen MR) is 119 cm³/mol. The number of benzene rings is 1. The summed E-state index contributed by atoms with van der Waals surface area (Å²) in [5, 5.41) is 13.2. The molecule has 8 heteroatoms. The summed E-state index contributed by atoms with van der Waals surface area (Å²) in [5.41, 5.74) is 2.54. The minimum Gasteiger partial charge on any atom is -0.431 e. The van der Waals surface area contributed by atoms with Gasteiger partial charge >= 0.3 is 0 Å². The third kappa shape index (κ3) is 4.17. The number of amides is 2. The highest BCUT2D eigenvalue weighted by Crippen LogP contribution is 2.33. The van der Waals surface area contributed by atoms with E-state index in [1.807, 2.05) is 31.2 Å². The Labute approximate surface area is 186 Å². The largest absolute Gasteiger partial charge is 0.431 e. The van der Waals surface area contributed by atoms with Crippen LogP contribution in [0.2, 0.25) is 0 Å². The summed E-state index contributed by atoms with van der Waals surface area (Å²) in [6.07, 6.45) is 6.90. The molecule has 2 saturated carbocycles. The Morgan fingerprint density at radius 2 is 1.97 bits per heavy atom. The molecule has 0 unspecified atom stereocenters. The van der Waals surface area contributed by atoms with Crippen molar-refractivity contribution in [2.24, 2.45) is 5.92 Å². The zero-order chi connectivity index (χ0) is 22.3. The van der Waals surface area contributed by atoms with Gasteiger partial charge in [-0.25, -0.2) is 4.98 Å². The summed E-state index contributed by atoms with van der Waals surface area (Å²) in [7, 11) is 0. The van der Waals surface area contributed by atoms with Gasteiger partial charge in [0.25, 0.3) is 11.8 Å². The van der Waals surface area contributed by atoms with Gasteiger partial charge in [0.05, 0.1) is 11.9 Å².